The number of aromatic nitrogens is 3. The lowest BCUT2D eigenvalue weighted by molar-refractivity contribution is -0.113. The molecule has 2 aromatic carbocycles. The predicted molar refractivity (Wildman–Crippen MR) is 128 cm³/mol. The highest BCUT2D eigenvalue weighted by Crippen LogP contribution is 2.30. The Morgan fingerprint density at radius 2 is 1.88 bits per heavy atom. The molecule has 0 unspecified atom stereocenters. The first kappa shape index (κ1) is 22.2. The third-order valence-electron chi connectivity index (χ3n) is 4.91. The molecule has 0 aliphatic rings. The van der Waals surface area contributed by atoms with E-state index in [1.165, 1.54) is 11.8 Å². The third-order valence-corrected chi connectivity index (χ3v) is 6.21. The summed E-state index contributed by atoms with van der Waals surface area (Å²) in [5.41, 5.74) is 2.71. The molecule has 0 aliphatic heterocycles. The van der Waals surface area contributed by atoms with Crippen LogP contribution in [0.25, 0.3) is 11.4 Å². The van der Waals surface area contributed by atoms with Gasteiger partial charge in [0.15, 0.2) is 11.0 Å². The largest absolute Gasteiger partial charge is 0.467 e. The molecule has 4 aromatic rings. The van der Waals surface area contributed by atoms with Crippen LogP contribution in [-0.2, 0) is 11.3 Å². The van der Waals surface area contributed by atoms with E-state index in [1.54, 1.807) is 6.26 Å². The zero-order valence-electron chi connectivity index (χ0n) is 17.8. The number of rotatable bonds is 8. The second-order valence-electron chi connectivity index (χ2n) is 7.53. The maximum absolute atomic E-state index is 12.7. The molecule has 6 nitrogen and oxygen atoms in total. The fraction of sp³-hybridized carbons (Fsp3) is 0.208. The molecule has 2 heterocycles. The quantitative estimate of drug-likeness (QED) is 0.318. The minimum absolute atomic E-state index is 0.102. The number of thioether (sulfide) groups is 1. The van der Waals surface area contributed by atoms with Gasteiger partial charge in [-0.25, -0.2) is 0 Å². The Labute approximate surface area is 196 Å². The fourth-order valence-corrected chi connectivity index (χ4v) is 4.33. The topological polar surface area (TPSA) is 73.0 Å². The van der Waals surface area contributed by atoms with Crippen molar-refractivity contribution in [3.8, 4) is 11.4 Å². The summed E-state index contributed by atoms with van der Waals surface area (Å²) >= 11 is 7.73. The van der Waals surface area contributed by atoms with Gasteiger partial charge in [-0.05, 0) is 41.8 Å². The molecule has 2 aromatic heterocycles. The van der Waals surface area contributed by atoms with Crippen molar-refractivity contribution in [3.63, 3.8) is 0 Å². The van der Waals surface area contributed by atoms with Gasteiger partial charge in [-0.15, -0.1) is 10.2 Å². The van der Waals surface area contributed by atoms with Gasteiger partial charge >= 0.3 is 0 Å². The van der Waals surface area contributed by atoms with Gasteiger partial charge in [0.1, 0.15) is 5.76 Å². The maximum atomic E-state index is 12.7. The van der Waals surface area contributed by atoms with Crippen LogP contribution >= 0.6 is 23.4 Å². The van der Waals surface area contributed by atoms with Gasteiger partial charge in [0.2, 0.25) is 5.91 Å². The monoisotopic (exact) mass is 466 g/mol. The normalized spacial score (nSPS) is 11.1. The summed E-state index contributed by atoms with van der Waals surface area (Å²) in [5, 5.41) is 12.9. The van der Waals surface area contributed by atoms with Gasteiger partial charge < -0.3 is 9.73 Å². The van der Waals surface area contributed by atoms with Crippen LogP contribution in [0.3, 0.4) is 0 Å². The number of benzene rings is 2. The predicted octanol–water partition coefficient (Wildman–Crippen LogP) is 6.09. The average Bonchev–Trinajstić information content (AvgIpc) is 3.43. The summed E-state index contributed by atoms with van der Waals surface area (Å²) < 4.78 is 7.44. The molecule has 0 aliphatic carbocycles. The Kier molecular flexibility index (Phi) is 6.97. The molecule has 0 radical (unpaired) electrons. The molecule has 0 bridgehead atoms. The lowest BCUT2D eigenvalue weighted by Crippen LogP contribution is -2.16. The summed E-state index contributed by atoms with van der Waals surface area (Å²) in [6.07, 6.45) is 1.63. The van der Waals surface area contributed by atoms with Gasteiger partial charge in [0.25, 0.3) is 0 Å². The van der Waals surface area contributed by atoms with Crippen LogP contribution in [0.2, 0.25) is 5.02 Å². The minimum atomic E-state index is -0.102. The van der Waals surface area contributed by atoms with Gasteiger partial charge in [-0.2, -0.15) is 0 Å². The molecule has 0 saturated carbocycles. The molecule has 0 spiro atoms. The first-order valence-electron chi connectivity index (χ1n) is 10.2. The zero-order valence-corrected chi connectivity index (χ0v) is 19.4. The summed E-state index contributed by atoms with van der Waals surface area (Å²) in [6, 6.07) is 19.1. The Bertz CT molecular complexity index is 1200. The van der Waals surface area contributed by atoms with Crippen molar-refractivity contribution in [2.75, 3.05) is 11.1 Å². The van der Waals surface area contributed by atoms with Crippen molar-refractivity contribution in [1.29, 1.82) is 0 Å². The maximum Gasteiger partial charge on any atom is 0.234 e. The van der Waals surface area contributed by atoms with Crippen molar-refractivity contribution >= 4 is 35.0 Å². The Balaban J connectivity index is 1.55. The zero-order chi connectivity index (χ0) is 22.5. The number of nitrogens with one attached hydrogen (secondary N) is 1. The second kappa shape index (κ2) is 10.1. The van der Waals surface area contributed by atoms with Crippen LogP contribution in [0.5, 0.6) is 0 Å². The molecular weight excluding hydrogens is 444 g/mol. The minimum Gasteiger partial charge on any atom is -0.467 e. The standard InChI is InChI=1S/C24H23ClN4O2S/c1-16(2)18-9-4-6-12-21(18)26-22(30)15-32-24-28-27-23(19-10-3-5-11-20(19)25)29(24)14-17-8-7-13-31-17/h3-13,16H,14-15H2,1-2H3,(H,26,30). The SMILES string of the molecule is CC(C)c1ccccc1NC(=O)CSc1nnc(-c2ccccc2Cl)n1Cc1ccco1. The summed E-state index contributed by atoms with van der Waals surface area (Å²) in [6.45, 7) is 4.64. The summed E-state index contributed by atoms with van der Waals surface area (Å²) in [5.74, 6) is 1.80. The van der Waals surface area contributed by atoms with E-state index in [0.29, 0.717) is 28.5 Å². The molecule has 32 heavy (non-hydrogen) atoms. The number of nitrogens with zero attached hydrogens (tertiary/aromatic N) is 3. The Morgan fingerprint density at radius 3 is 2.62 bits per heavy atom. The number of anilines is 1. The molecule has 0 saturated heterocycles. The van der Waals surface area contributed by atoms with Crippen LogP contribution in [0.4, 0.5) is 5.69 Å². The highest BCUT2D eigenvalue weighted by molar-refractivity contribution is 7.99. The number of carbonyl (C=O) groups is 1. The average molecular weight is 467 g/mol. The number of hydrogen-bond donors (Lipinski definition) is 1. The number of halogens is 1. The highest BCUT2D eigenvalue weighted by Gasteiger charge is 2.19. The third kappa shape index (κ3) is 5.06. The fourth-order valence-electron chi connectivity index (χ4n) is 3.37. The van der Waals surface area contributed by atoms with E-state index < -0.39 is 0 Å². The van der Waals surface area contributed by atoms with E-state index in [0.717, 1.165) is 22.6 Å². The van der Waals surface area contributed by atoms with E-state index >= 15 is 0 Å². The molecule has 0 atom stereocenters. The van der Waals surface area contributed by atoms with Crippen LogP contribution in [0.1, 0.15) is 31.1 Å². The van der Waals surface area contributed by atoms with Crippen molar-refractivity contribution in [2.45, 2.75) is 31.5 Å². The molecule has 8 heteroatoms. The van der Waals surface area contributed by atoms with E-state index in [1.807, 2.05) is 65.2 Å². The molecule has 4 rings (SSSR count). The van der Waals surface area contributed by atoms with Gasteiger partial charge in [-0.3, -0.25) is 9.36 Å². The van der Waals surface area contributed by atoms with Crippen LogP contribution in [0.15, 0.2) is 76.5 Å². The number of hydrogen-bond acceptors (Lipinski definition) is 5. The molecule has 1 N–H and O–H groups in total. The smallest absolute Gasteiger partial charge is 0.234 e. The highest BCUT2D eigenvalue weighted by atomic mass is 35.5. The molecule has 164 valence electrons. The number of carbonyl (C=O) groups excluding carboxylic acids is 1. The van der Waals surface area contributed by atoms with Crippen molar-refractivity contribution in [2.24, 2.45) is 0 Å². The van der Waals surface area contributed by atoms with Gasteiger partial charge in [-0.1, -0.05) is 67.5 Å². The van der Waals surface area contributed by atoms with Crippen molar-refractivity contribution in [3.05, 3.63) is 83.3 Å². The van der Waals surface area contributed by atoms with Gasteiger partial charge in [0.05, 0.1) is 23.6 Å². The van der Waals surface area contributed by atoms with Gasteiger partial charge in [0, 0.05) is 11.3 Å². The summed E-state index contributed by atoms with van der Waals surface area (Å²) in [7, 11) is 0. The Morgan fingerprint density at radius 1 is 1.09 bits per heavy atom. The molecular formula is C24H23ClN4O2S. The number of para-hydroxylation sites is 1. The van der Waals surface area contributed by atoms with Crippen molar-refractivity contribution < 1.29 is 9.21 Å². The van der Waals surface area contributed by atoms with E-state index in [9.17, 15) is 4.79 Å². The van der Waals surface area contributed by atoms with Crippen molar-refractivity contribution in [1.82, 2.24) is 14.8 Å². The first-order valence-corrected chi connectivity index (χ1v) is 11.6. The van der Waals surface area contributed by atoms with Crippen LogP contribution in [0, 0.1) is 0 Å². The lowest BCUT2D eigenvalue weighted by Gasteiger charge is -2.13. The van der Waals surface area contributed by atoms with Crippen LogP contribution in [-0.4, -0.2) is 26.4 Å². The van der Waals surface area contributed by atoms with Crippen LogP contribution < -0.4 is 5.32 Å². The molecule has 1 amide bonds. The van der Waals surface area contributed by atoms with E-state index in [4.69, 9.17) is 16.0 Å². The lowest BCUT2D eigenvalue weighted by atomic mass is 10.0. The second-order valence-corrected chi connectivity index (χ2v) is 8.88. The van der Waals surface area contributed by atoms with E-state index in [2.05, 4.69) is 29.4 Å². The number of furan rings is 1. The first-order chi connectivity index (χ1) is 15.5. The molecule has 0 fully saturated rings. The van der Waals surface area contributed by atoms with E-state index in [-0.39, 0.29) is 11.7 Å². The Hall–Kier alpha value is -3.03. The summed E-state index contributed by atoms with van der Waals surface area (Å²) in [4.78, 5) is 12.7. The number of amides is 1.